The third-order valence-electron chi connectivity index (χ3n) is 4.09. The van der Waals surface area contributed by atoms with E-state index in [0.717, 1.165) is 26.3 Å². The summed E-state index contributed by atoms with van der Waals surface area (Å²) >= 11 is 2.62. The number of fused-ring (bicyclic) bond motifs is 1. The summed E-state index contributed by atoms with van der Waals surface area (Å²) < 4.78 is 6.69. The number of nitriles is 1. The maximum Gasteiger partial charge on any atom is 0.347 e. The van der Waals surface area contributed by atoms with Gasteiger partial charge in [-0.3, -0.25) is 0 Å². The van der Waals surface area contributed by atoms with Crippen molar-refractivity contribution in [1.29, 1.82) is 5.26 Å². The Labute approximate surface area is 152 Å². The van der Waals surface area contributed by atoms with Crippen LogP contribution in [0.3, 0.4) is 0 Å². The van der Waals surface area contributed by atoms with Crippen LogP contribution < -0.4 is 4.74 Å². The number of hydrogen-bond donors (Lipinski definition) is 1. The van der Waals surface area contributed by atoms with Crippen molar-refractivity contribution in [2.24, 2.45) is 5.92 Å². The molecule has 0 unspecified atom stereocenters. The maximum absolute atomic E-state index is 11.2. The SMILES string of the molecule is Cc1nc(-c2cc3cc(OCC4CC4)cc(C#N)c3s2)sc1C(=O)O. The van der Waals surface area contributed by atoms with Crippen LogP contribution in [0.25, 0.3) is 20.0 Å². The molecule has 0 aliphatic heterocycles. The molecule has 1 aliphatic carbocycles. The molecule has 1 aromatic carbocycles. The van der Waals surface area contributed by atoms with Gasteiger partial charge in [0.25, 0.3) is 0 Å². The van der Waals surface area contributed by atoms with Crippen LogP contribution in [0.1, 0.15) is 33.8 Å². The maximum atomic E-state index is 11.2. The molecule has 0 saturated heterocycles. The van der Waals surface area contributed by atoms with Gasteiger partial charge in [-0.25, -0.2) is 9.78 Å². The van der Waals surface area contributed by atoms with Gasteiger partial charge < -0.3 is 9.84 Å². The van der Waals surface area contributed by atoms with E-state index in [4.69, 9.17) is 4.74 Å². The second-order valence-corrected chi connectivity index (χ2v) is 8.16. The lowest BCUT2D eigenvalue weighted by molar-refractivity contribution is 0.0701. The Kier molecular flexibility index (Phi) is 3.94. The number of benzene rings is 1. The standard InChI is InChI=1S/C18H14N2O3S2/c1-9-15(18(21)22)25-17(20-9)14-6-11-4-13(23-8-10-2-3-10)5-12(7-19)16(11)24-14/h4-6,10H,2-3,8H2,1H3,(H,21,22). The van der Waals surface area contributed by atoms with Gasteiger partial charge in [-0.15, -0.1) is 22.7 Å². The lowest BCUT2D eigenvalue weighted by Gasteiger charge is -2.05. The molecule has 126 valence electrons. The van der Waals surface area contributed by atoms with Crippen LogP contribution in [0.15, 0.2) is 18.2 Å². The smallest absolute Gasteiger partial charge is 0.347 e. The van der Waals surface area contributed by atoms with Crippen LogP contribution in [0.4, 0.5) is 0 Å². The predicted octanol–water partition coefficient (Wildman–Crippen LogP) is 4.69. The van der Waals surface area contributed by atoms with E-state index in [0.29, 0.717) is 34.5 Å². The Balaban J connectivity index is 1.74. The summed E-state index contributed by atoms with van der Waals surface area (Å²) in [5.41, 5.74) is 1.09. The molecule has 2 heterocycles. The minimum Gasteiger partial charge on any atom is -0.493 e. The second kappa shape index (κ2) is 6.14. The van der Waals surface area contributed by atoms with Gasteiger partial charge in [0.15, 0.2) is 0 Å². The zero-order valence-electron chi connectivity index (χ0n) is 13.4. The lowest BCUT2D eigenvalue weighted by Crippen LogP contribution is -1.98. The summed E-state index contributed by atoms with van der Waals surface area (Å²) in [5, 5.41) is 20.3. The number of ether oxygens (including phenoxy) is 1. The number of aryl methyl sites for hydroxylation is 1. The number of aromatic carboxylic acids is 1. The average molecular weight is 370 g/mol. The van der Waals surface area contributed by atoms with Crippen LogP contribution in [-0.2, 0) is 0 Å². The van der Waals surface area contributed by atoms with Crippen molar-refractivity contribution in [2.75, 3.05) is 6.61 Å². The van der Waals surface area contributed by atoms with Gasteiger partial charge in [-0.2, -0.15) is 5.26 Å². The minimum atomic E-state index is -0.962. The van der Waals surface area contributed by atoms with E-state index < -0.39 is 5.97 Å². The number of rotatable bonds is 5. The molecule has 7 heteroatoms. The molecule has 0 amide bonds. The van der Waals surface area contributed by atoms with Crippen LogP contribution in [-0.4, -0.2) is 22.7 Å². The number of carboxylic acids is 1. The van der Waals surface area contributed by atoms with Gasteiger partial charge in [0.2, 0.25) is 0 Å². The minimum absolute atomic E-state index is 0.251. The molecule has 4 rings (SSSR count). The van der Waals surface area contributed by atoms with Crippen molar-refractivity contribution in [3.8, 4) is 21.7 Å². The molecule has 1 aliphatic rings. The molecule has 1 fully saturated rings. The highest BCUT2D eigenvalue weighted by Gasteiger charge is 2.22. The number of hydrogen-bond acceptors (Lipinski definition) is 6. The van der Waals surface area contributed by atoms with E-state index in [9.17, 15) is 15.2 Å². The second-order valence-electron chi connectivity index (χ2n) is 6.10. The quantitative estimate of drug-likeness (QED) is 0.704. The lowest BCUT2D eigenvalue weighted by atomic mass is 10.1. The monoisotopic (exact) mass is 370 g/mol. The number of thiophene rings is 1. The van der Waals surface area contributed by atoms with Crippen molar-refractivity contribution >= 4 is 38.7 Å². The summed E-state index contributed by atoms with van der Waals surface area (Å²) in [6.45, 7) is 2.39. The molecule has 1 saturated carbocycles. The van der Waals surface area contributed by atoms with Crippen LogP contribution in [0.5, 0.6) is 5.75 Å². The van der Waals surface area contributed by atoms with E-state index in [1.165, 1.54) is 24.2 Å². The first-order valence-electron chi connectivity index (χ1n) is 7.86. The molecule has 2 aromatic heterocycles. The first kappa shape index (κ1) is 16.1. The van der Waals surface area contributed by atoms with E-state index >= 15 is 0 Å². The van der Waals surface area contributed by atoms with Crippen LogP contribution in [0, 0.1) is 24.2 Å². The van der Waals surface area contributed by atoms with Gasteiger partial charge in [0, 0.05) is 0 Å². The highest BCUT2D eigenvalue weighted by atomic mass is 32.1. The molecule has 5 nitrogen and oxygen atoms in total. The highest BCUT2D eigenvalue weighted by Crippen LogP contribution is 2.40. The summed E-state index contributed by atoms with van der Waals surface area (Å²) in [5.74, 6) is 0.393. The summed E-state index contributed by atoms with van der Waals surface area (Å²) in [6.07, 6.45) is 2.43. The van der Waals surface area contributed by atoms with Crippen molar-refractivity contribution in [3.63, 3.8) is 0 Å². The van der Waals surface area contributed by atoms with Gasteiger partial charge in [0.1, 0.15) is 21.7 Å². The topological polar surface area (TPSA) is 83.2 Å². The number of carbonyl (C=O) groups is 1. The largest absolute Gasteiger partial charge is 0.493 e. The third-order valence-corrected chi connectivity index (χ3v) is 6.59. The molecular formula is C18H14N2O3S2. The van der Waals surface area contributed by atoms with Crippen LogP contribution in [0.2, 0.25) is 0 Å². The van der Waals surface area contributed by atoms with Gasteiger partial charge in [-0.1, -0.05) is 0 Å². The molecule has 0 radical (unpaired) electrons. The van der Waals surface area contributed by atoms with Crippen molar-refractivity contribution < 1.29 is 14.6 Å². The highest BCUT2D eigenvalue weighted by molar-refractivity contribution is 7.26. The fourth-order valence-corrected chi connectivity index (χ4v) is 4.65. The fraction of sp³-hybridized carbons (Fsp3) is 0.278. The third kappa shape index (κ3) is 3.11. The summed E-state index contributed by atoms with van der Waals surface area (Å²) in [4.78, 5) is 16.7. The molecule has 3 aromatic rings. The zero-order chi connectivity index (χ0) is 17.6. The molecular weight excluding hydrogens is 356 g/mol. The van der Waals surface area contributed by atoms with E-state index in [1.54, 1.807) is 13.0 Å². The molecule has 25 heavy (non-hydrogen) atoms. The Morgan fingerprint density at radius 3 is 2.84 bits per heavy atom. The van der Waals surface area contributed by atoms with Gasteiger partial charge in [0.05, 0.1) is 27.4 Å². The Morgan fingerprint density at radius 1 is 1.40 bits per heavy atom. The summed E-state index contributed by atoms with van der Waals surface area (Å²) in [6, 6.07) is 7.91. The summed E-state index contributed by atoms with van der Waals surface area (Å²) in [7, 11) is 0. The Hall–Kier alpha value is -2.43. The average Bonchev–Trinajstić information content (AvgIpc) is 3.18. The first-order valence-corrected chi connectivity index (χ1v) is 9.50. The van der Waals surface area contributed by atoms with Gasteiger partial charge >= 0.3 is 5.97 Å². The Morgan fingerprint density at radius 2 is 2.20 bits per heavy atom. The zero-order valence-corrected chi connectivity index (χ0v) is 15.0. The normalized spacial score (nSPS) is 13.8. The number of thiazole rings is 1. The van der Waals surface area contributed by atoms with Gasteiger partial charge in [-0.05, 0) is 49.3 Å². The van der Waals surface area contributed by atoms with Crippen molar-refractivity contribution in [3.05, 3.63) is 34.3 Å². The molecule has 0 spiro atoms. The molecule has 0 bridgehead atoms. The number of carboxylic acid groups (broad SMARTS) is 1. The number of aromatic nitrogens is 1. The fourth-order valence-electron chi connectivity index (χ4n) is 2.60. The first-order chi connectivity index (χ1) is 12.0. The molecule has 0 atom stereocenters. The van der Waals surface area contributed by atoms with Crippen molar-refractivity contribution in [1.82, 2.24) is 4.98 Å². The predicted molar refractivity (Wildman–Crippen MR) is 97.6 cm³/mol. The molecule has 1 N–H and O–H groups in total. The van der Waals surface area contributed by atoms with E-state index in [2.05, 4.69) is 11.1 Å². The van der Waals surface area contributed by atoms with E-state index in [-0.39, 0.29) is 4.88 Å². The van der Waals surface area contributed by atoms with Crippen molar-refractivity contribution in [2.45, 2.75) is 19.8 Å². The van der Waals surface area contributed by atoms with Crippen LogP contribution >= 0.6 is 22.7 Å². The van der Waals surface area contributed by atoms with E-state index in [1.807, 2.05) is 12.1 Å². The Bertz CT molecular complexity index is 1030. The number of nitrogens with zero attached hydrogens (tertiary/aromatic N) is 2.